The molecule has 0 spiro atoms. The zero-order chi connectivity index (χ0) is 27.0. The molecule has 0 amide bonds. The van der Waals surface area contributed by atoms with E-state index in [0.717, 1.165) is 45.8 Å². The molecule has 2 aliphatic rings. The second-order valence-corrected chi connectivity index (χ2v) is 10.9. The van der Waals surface area contributed by atoms with Gasteiger partial charge in [0.2, 0.25) is 0 Å². The first-order valence-electron chi connectivity index (χ1n) is 13.5. The average molecular weight is 532 g/mol. The van der Waals surface area contributed by atoms with Crippen molar-refractivity contribution in [2.45, 2.75) is 31.5 Å². The van der Waals surface area contributed by atoms with Crippen molar-refractivity contribution in [3.05, 3.63) is 82.8 Å². The molecule has 1 N–H and O–H groups in total. The zero-order valence-electron chi connectivity index (χ0n) is 22.2. The Hall–Kier alpha value is -3.60. The fourth-order valence-electron chi connectivity index (χ4n) is 5.62. The predicted molar refractivity (Wildman–Crippen MR) is 149 cm³/mol. The molecule has 0 atom stereocenters. The number of likely N-dealkylation sites (N-methyl/N-ethyl adjacent to an activating group) is 1. The highest BCUT2D eigenvalue weighted by Gasteiger charge is 2.33. The number of benzene rings is 2. The van der Waals surface area contributed by atoms with Crippen molar-refractivity contribution in [2.75, 3.05) is 51.2 Å². The van der Waals surface area contributed by atoms with E-state index in [2.05, 4.69) is 39.1 Å². The van der Waals surface area contributed by atoms with Gasteiger partial charge in [-0.3, -0.25) is 14.3 Å². The van der Waals surface area contributed by atoms with Crippen molar-refractivity contribution in [3.8, 4) is 5.69 Å². The van der Waals surface area contributed by atoms with Crippen molar-refractivity contribution in [1.82, 2.24) is 29.1 Å². The van der Waals surface area contributed by atoms with Crippen LogP contribution in [0.2, 0.25) is 0 Å². The summed E-state index contributed by atoms with van der Waals surface area (Å²) in [5.74, 6) is -0.280. The maximum atomic E-state index is 14.7. The lowest BCUT2D eigenvalue weighted by molar-refractivity contribution is -0.0364. The Labute approximate surface area is 226 Å². The van der Waals surface area contributed by atoms with E-state index in [-0.39, 0.29) is 17.9 Å². The number of fused-ring (bicyclic) bond motifs is 1. The van der Waals surface area contributed by atoms with Crippen LogP contribution < -0.4 is 10.5 Å². The van der Waals surface area contributed by atoms with Crippen LogP contribution in [0.15, 0.2) is 65.8 Å². The Bertz CT molecular complexity index is 1500. The number of nitrogens with zero attached hydrogens (tertiary/aromatic N) is 7. The summed E-state index contributed by atoms with van der Waals surface area (Å²) >= 11 is 0. The first kappa shape index (κ1) is 25.7. The summed E-state index contributed by atoms with van der Waals surface area (Å²) in [4.78, 5) is 24.5. The highest BCUT2D eigenvalue weighted by atomic mass is 19.1. The van der Waals surface area contributed by atoms with Crippen molar-refractivity contribution >= 4 is 16.7 Å². The number of piperidine rings is 1. The Balaban J connectivity index is 1.19. The third-order valence-electron chi connectivity index (χ3n) is 8.07. The molecule has 0 aliphatic carbocycles. The van der Waals surface area contributed by atoms with E-state index < -0.39 is 5.60 Å². The number of halogens is 1. The first-order chi connectivity index (χ1) is 18.9. The number of hydrogen-bond donors (Lipinski definition) is 1. The van der Waals surface area contributed by atoms with Gasteiger partial charge in [-0.2, -0.15) is 5.10 Å². The minimum atomic E-state index is -0.975. The van der Waals surface area contributed by atoms with Crippen LogP contribution in [-0.2, 0) is 13.1 Å². The Morgan fingerprint density at radius 3 is 2.49 bits per heavy atom. The van der Waals surface area contributed by atoms with Crippen molar-refractivity contribution < 1.29 is 9.50 Å². The second-order valence-electron chi connectivity index (χ2n) is 10.9. The van der Waals surface area contributed by atoms with E-state index in [4.69, 9.17) is 0 Å². The van der Waals surface area contributed by atoms with Gasteiger partial charge >= 0.3 is 0 Å². The van der Waals surface area contributed by atoms with Gasteiger partial charge in [-0.15, -0.1) is 0 Å². The number of likely N-dealkylation sites (tertiary alicyclic amines) is 1. The van der Waals surface area contributed by atoms with E-state index in [1.165, 1.54) is 28.7 Å². The van der Waals surface area contributed by atoms with Gasteiger partial charge < -0.3 is 14.9 Å². The molecular formula is C29H34FN7O2. The maximum absolute atomic E-state index is 14.7. The molecular weight excluding hydrogens is 497 g/mol. The van der Waals surface area contributed by atoms with E-state index in [1.54, 1.807) is 16.8 Å². The molecule has 0 unspecified atom stereocenters. The van der Waals surface area contributed by atoms with Gasteiger partial charge in [-0.05, 0) is 43.7 Å². The molecule has 2 aromatic carbocycles. The van der Waals surface area contributed by atoms with E-state index >= 15 is 0 Å². The van der Waals surface area contributed by atoms with Gasteiger partial charge in [-0.25, -0.2) is 14.1 Å². The van der Waals surface area contributed by atoms with Crippen molar-refractivity contribution in [2.24, 2.45) is 0 Å². The standard InChI is InChI=1S/C29H34FN7O2/c1-33-13-15-35(16-14-33)26-17-23(7-8-25(26)30)37-27-24(18-32-37)28(38)36(21-31-27)20-29(39)9-11-34(12-10-29)19-22-5-3-2-4-6-22/h2-8,17-18,21,39H,9-16,19-20H2,1H3. The van der Waals surface area contributed by atoms with Gasteiger partial charge in [0.05, 0.1) is 29.7 Å². The van der Waals surface area contributed by atoms with E-state index in [0.29, 0.717) is 35.2 Å². The third kappa shape index (κ3) is 5.32. The van der Waals surface area contributed by atoms with Crippen LogP contribution in [0.5, 0.6) is 0 Å². The van der Waals surface area contributed by atoms with Crippen LogP contribution in [0.4, 0.5) is 10.1 Å². The van der Waals surface area contributed by atoms with Crippen LogP contribution in [0, 0.1) is 5.82 Å². The van der Waals surface area contributed by atoms with Gasteiger partial charge in [0.1, 0.15) is 17.5 Å². The molecule has 0 radical (unpaired) electrons. The topological polar surface area (TPSA) is 82.7 Å². The predicted octanol–water partition coefficient (Wildman–Crippen LogP) is 2.50. The number of anilines is 1. The van der Waals surface area contributed by atoms with Gasteiger partial charge in [0.15, 0.2) is 5.65 Å². The molecule has 204 valence electrons. The molecule has 10 heteroatoms. The summed E-state index contributed by atoms with van der Waals surface area (Å²) in [6.07, 6.45) is 4.15. The smallest absolute Gasteiger partial charge is 0.264 e. The molecule has 2 aromatic heterocycles. The quantitative estimate of drug-likeness (QED) is 0.409. The molecule has 9 nitrogen and oxygen atoms in total. The maximum Gasteiger partial charge on any atom is 0.264 e. The first-order valence-corrected chi connectivity index (χ1v) is 13.5. The minimum Gasteiger partial charge on any atom is -0.388 e. The van der Waals surface area contributed by atoms with E-state index in [9.17, 15) is 14.3 Å². The number of aliphatic hydroxyl groups is 1. The number of aromatic nitrogens is 4. The largest absolute Gasteiger partial charge is 0.388 e. The van der Waals surface area contributed by atoms with Gasteiger partial charge in [0.25, 0.3) is 5.56 Å². The summed E-state index contributed by atoms with van der Waals surface area (Å²) in [5, 5.41) is 16.1. The van der Waals surface area contributed by atoms with Crippen LogP contribution in [0.3, 0.4) is 0 Å². The third-order valence-corrected chi connectivity index (χ3v) is 8.07. The highest BCUT2D eigenvalue weighted by molar-refractivity contribution is 5.75. The summed E-state index contributed by atoms with van der Waals surface area (Å²) in [5.41, 5.74) is 1.62. The van der Waals surface area contributed by atoms with E-state index in [1.807, 2.05) is 23.1 Å². The minimum absolute atomic E-state index is 0.184. The molecule has 39 heavy (non-hydrogen) atoms. The lowest BCUT2D eigenvalue weighted by Crippen LogP contribution is -2.47. The Kier molecular flexibility index (Phi) is 6.92. The fourth-order valence-corrected chi connectivity index (χ4v) is 5.62. The zero-order valence-corrected chi connectivity index (χ0v) is 22.2. The van der Waals surface area contributed by atoms with Crippen LogP contribution >= 0.6 is 0 Å². The summed E-state index contributed by atoms with van der Waals surface area (Å²) < 4.78 is 17.8. The van der Waals surface area contributed by atoms with Gasteiger partial charge in [0, 0.05) is 45.8 Å². The van der Waals surface area contributed by atoms with Gasteiger partial charge in [-0.1, -0.05) is 30.3 Å². The fraction of sp³-hybridized carbons (Fsp3) is 0.414. The second kappa shape index (κ2) is 10.5. The molecule has 4 heterocycles. The normalized spacial score (nSPS) is 18.6. The lowest BCUT2D eigenvalue weighted by Gasteiger charge is -2.38. The Morgan fingerprint density at radius 1 is 1.00 bits per heavy atom. The van der Waals surface area contributed by atoms with Crippen molar-refractivity contribution in [1.29, 1.82) is 0 Å². The number of rotatable bonds is 6. The molecule has 2 saturated heterocycles. The molecule has 2 fully saturated rings. The van der Waals surface area contributed by atoms with Crippen LogP contribution in [-0.4, -0.2) is 86.2 Å². The van der Waals surface area contributed by atoms with Crippen molar-refractivity contribution in [3.63, 3.8) is 0 Å². The summed E-state index contributed by atoms with van der Waals surface area (Å²) in [7, 11) is 2.06. The molecule has 6 rings (SSSR count). The average Bonchev–Trinajstić information content (AvgIpc) is 3.38. The highest BCUT2D eigenvalue weighted by Crippen LogP contribution is 2.27. The molecule has 0 bridgehead atoms. The monoisotopic (exact) mass is 531 g/mol. The van der Waals surface area contributed by atoms with Crippen LogP contribution in [0.1, 0.15) is 18.4 Å². The molecule has 4 aromatic rings. The number of hydrogen-bond acceptors (Lipinski definition) is 7. The van der Waals surface area contributed by atoms with Crippen LogP contribution in [0.25, 0.3) is 16.7 Å². The summed E-state index contributed by atoms with van der Waals surface area (Å²) in [6.45, 7) is 5.77. The lowest BCUT2D eigenvalue weighted by atomic mass is 9.91. The summed E-state index contributed by atoms with van der Waals surface area (Å²) in [6, 6.07) is 15.2. The SMILES string of the molecule is CN1CCN(c2cc(-n3ncc4c(=O)n(CC5(O)CCN(Cc6ccccc6)CC5)cnc43)ccc2F)CC1. The number of piperazine rings is 1. The molecule has 0 saturated carbocycles. The Morgan fingerprint density at radius 2 is 1.74 bits per heavy atom. The molecule has 2 aliphatic heterocycles.